The summed E-state index contributed by atoms with van der Waals surface area (Å²) in [5, 5.41) is 0. The van der Waals surface area contributed by atoms with Gasteiger partial charge < -0.3 is 4.90 Å². The lowest BCUT2D eigenvalue weighted by atomic mass is 9.88. The molecule has 2 fully saturated rings. The van der Waals surface area contributed by atoms with Crippen molar-refractivity contribution in [3.8, 4) is 0 Å². The van der Waals surface area contributed by atoms with Gasteiger partial charge >= 0.3 is 0 Å². The Morgan fingerprint density at radius 1 is 1.08 bits per heavy atom. The lowest BCUT2D eigenvalue weighted by molar-refractivity contribution is 0.110. The molecule has 2 aliphatic rings. The molecular weight excluding hydrogens is 146 g/mol. The summed E-state index contributed by atoms with van der Waals surface area (Å²) in [6.07, 6.45) is 6.01. The normalized spacial score (nSPS) is 37.2. The van der Waals surface area contributed by atoms with Crippen LogP contribution in [-0.2, 0) is 0 Å². The first-order chi connectivity index (χ1) is 5.77. The van der Waals surface area contributed by atoms with E-state index in [9.17, 15) is 0 Å². The Kier molecular flexibility index (Phi) is 2.40. The highest BCUT2D eigenvalue weighted by Crippen LogP contribution is 2.37. The Morgan fingerprint density at radius 2 is 1.83 bits per heavy atom. The molecule has 0 unspecified atom stereocenters. The minimum Gasteiger partial charge on any atom is -0.301 e. The van der Waals surface area contributed by atoms with Crippen molar-refractivity contribution in [2.45, 2.75) is 45.6 Å². The Labute approximate surface area is 76.1 Å². The summed E-state index contributed by atoms with van der Waals surface area (Å²) in [6.45, 7) is 7.41. The van der Waals surface area contributed by atoms with Crippen LogP contribution in [0.2, 0.25) is 0 Å². The van der Waals surface area contributed by atoms with Gasteiger partial charge in [-0.05, 0) is 45.1 Å². The van der Waals surface area contributed by atoms with Crippen LogP contribution in [0.5, 0.6) is 0 Å². The van der Waals surface area contributed by atoms with E-state index in [4.69, 9.17) is 0 Å². The molecule has 2 rings (SSSR count). The first kappa shape index (κ1) is 8.55. The van der Waals surface area contributed by atoms with Gasteiger partial charge in [-0.15, -0.1) is 0 Å². The molecule has 70 valence electrons. The number of hydrogen-bond acceptors (Lipinski definition) is 1. The molecule has 0 aromatic carbocycles. The number of likely N-dealkylation sites (tertiary alicyclic amines) is 1. The Bertz CT molecular complexity index is 153. The molecule has 0 aromatic heterocycles. The third-order valence-corrected chi connectivity index (χ3v) is 3.80. The van der Waals surface area contributed by atoms with Crippen molar-refractivity contribution >= 4 is 0 Å². The van der Waals surface area contributed by atoms with Gasteiger partial charge in [0.15, 0.2) is 0 Å². The van der Waals surface area contributed by atoms with Gasteiger partial charge in [-0.3, -0.25) is 0 Å². The molecule has 0 radical (unpaired) electrons. The molecule has 1 heteroatoms. The average molecular weight is 167 g/mol. The van der Waals surface area contributed by atoms with Gasteiger partial charge in [0.2, 0.25) is 0 Å². The van der Waals surface area contributed by atoms with Gasteiger partial charge in [-0.25, -0.2) is 0 Å². The van der Waals surface area contributed by atoms with Gasteiger partial charge in [-0.1, -0.05) is 12.8 Å². The highest BCUT2D eigenvalue weighted by atomic mass is 15.2. The third kappa shape index (κ3) is 1.52. The molecule has 1 aliphatic heterocycles. The molecule has 1 nitrogen and oxygen atoms in total. The van der Waals surface area contributed by atoms with Gasteiger partial charge in [0.05, 0.1) is 0 Å². The molecular formula is C11H21N. The maximum absolute atomic E-state index is 2.66. The predicted octanol–water partition coefficient (Wildman–Crippen LogP) is 2.52. The van der Waals surface area contributed by atoms with Crippen molar-refractivity contribution in [3.05, 3.63) is 0 Å². The maximum Gasteiger partial charge on any atom is 0.00387 e. The van der Waals surface area contributed by atoms with Crippen LogP contribution in [0, 0.1) is 11.8 Å². The minimum atomic E-state index is 0.770. The van der Waals surface area contributed by atoms with Crippen LogP contribution in [-0.4, -0.2) is 24.0 Å². The van der Waals surface area contributed by atoms with E-state index in [2.05, 4.69) is 18.7 Å². The first-order valence-corrected chi connectivity index (χ1v) is 5.51. The first-order valence-electron chi connectivity index (χ1n) is 5.51. The van der Waals surface area contributed by atoms with E-state index in [0.29, 0.717) is 0 Å². The molecule has 12 heavy (non-hydrogen) atoms. The summed E-state index contributed by atoms with van der Waals surface area (Å²) in [5.74, 6) is 2.15. The monoisotopic (exact) mass is 167 g/mol. The number of fused-ring (bicyclic) bond motifs is 1. The Balaban J connectivity index is 1.92. The van der Waals surface area contributed by atoms with E-state index < -0.39 is 0 Å². The van der Waals surface area contributed by atoms with Crippen molar-refractivity contribution in [1.29, 1.82) is 0 Å². The van der Waals surface area contributed by atoms with Crippen LogP contribution >= 0.6 is 0 Å². The molecule has 0 spiro atoms. The van der Waals surface area contributed by atoms with E-state index in [1.807, 2.05) is 0 Å². The lowest BCUT2D eigenvalue weighted by Gasteiger charge is -2.37. The zero-order valence-electron chi connectivity index (χ0n) is 8.42. The molecule has 1 heterocycles. The minimum absolute atomic E-state index is 0.770. The molecule has 0 bridgehead atoms. The fourth-order valence-electron chi connectivity index (χ4n) is 2.93. The number of piperidine rings is 1. The maximum atomic E-state index is 2.66. The largest absolute Gasteiger partial charge is 0.301 e. The van der Waals surface area contributed by atoms with Crippen LogP contribution in [0.3, 0.4) is 0 Å². The summed E-state index contributed by atoms with van der Waals surface area (Å²) in [6, 6.07) is 0.770. The van der Waals surface area contributed by atoms with Gasteiger partial charge in [-0.2, -0.15) is 0 Å². The SMILES string of the molecule is CC(C)N1CC[C@@H]2CCC[C@@H]2C1. The summed E-state index contributed by atoms with van der Waals surface area (Å²) in [5.41, 5.74) is 0. The standard InChI is InChI=1S/C11H21N/c1-9(2)12-7-6-10-4-3-5-11(10)8-12/h9-11H,3-8H2,1-2H3/t10-,11+/m0/s1. The molecule has 1 saturated heterocycles. The predicted molar refractivity (Wildman–Crippen MR) is 52.2 cm³/mol. The average Bonchev–Trinajstić information content (AvgIpc) is 2.49. The molecule has 1 saturated carbocycles. The van der Waals surface area contributed by atoms with Gasteiger partial charge in [0, 0.05) is 12.6 Å². The van der Waals surface area contributed by atoms with E-state index in [1.165, 1.54) is 38.8 Å². The molecule has 1 aliphatic carbocycles. The summed E-state index contributed by atoms with van der Waals surface area (Å²) < 4.78 is 0. The molecule has 0 aromatic rings. The number of hydrogen-bond donors (Lipinski definition) is 0. The van der Waals surface area contributed by atoms with Crippen LogP contribution in [0.1, 0.15) is 39.5 Å². The van der Waals surface area contributed by atoms with Crippen molar-refractivity contribution in [2.75, 3.05) is 13.1 Å². The second-order valence-corrected chi connectivity index (χ2v) is 4.83. The van der Waals surface area contributed by atoms with Crippen LogP contribution in [0.15, 0.2) is 0 Å². The van der Waals surface area contributed by atoms with Crippen molar-refractivity contribution < 1.29 is 0 Å². The van der Waals surface area contributed by atoms with Gasteiger partial charge in [0.1, 0.15) is 0 Å². The quantitative estimate of drug-likeness (QED) is 0.580. The summed E-state index contributed by atoms with van der Waals surface area (Å²) in [4.78, 5) is 2.66. The van der Waals surface area contributed by atoms with Gasteiger partial charge in [0.25, 0.3) is 0 Å². The van der Waals surface area contributed by atoms with Crippen LogP contribution in [0.4, 0.5) is 0 Å². The summed E-state index contributed by atoms with van der Waals surface area (Å²) >= 11 is 0. The zero-order valence-corrected chi connectivity index (χ0v) is 8.42. The van der Waals surface area contributed by atoms with Crippen LogP contribution in [0.25, 0.3) is 0 Å². The number of nitrogens with zero attached hydrogens (tertiary/aromatic N) is 1. The van der Waals surface area contributed by atoms with E-state index in [1.54, 1.807) is 0 Å². The zero-order chi connectivity index (χ0) is 8.55. The highest BCUT2D eigenvalue weighted by Gasteiger charge is 2.33. The molecule has 0 amide bonds. The van der Waals surface area contributed by atoms with E-state index in [-0.39, 0.29) is 0 Å². The van der Waals surface area contributed by atoms with E-state index >= 15 is 0 Å². The summed E-state index contributed by atoms with van der Waals surface area (Å²) in [7, 11) is 0. The smallest absolute Gasteiger partial charge is 0.00387 e. The fraction of sp³-hybridized carbons (Fsp3) is 1.00. The Morgan fingerprint density at radius 3 is 2.58 bits per heavy atom. The lowest BCUT2D eigenvalue weighted by Crippen LogP contribution is -2.42. The van der Waals surface area contributed by atoms with Crippen molar-refractivity contribution in [3.63, 3.8) is 0 Å². The van der Waals surface area contributed by atoms with Crippen LogP contribution < -0.4 is 0 Å². The number of rotatable bonds is 1. The second-order valence-electron chi connectivity index (χ2n) is 4.83. The second kappa shape index (κ2) is 3.37. The Hall–Kier alpha value is -0.0400. The third-order valence-electron chi connectivity index (χ3n) is 3.80. The van der Waals surface area contributed by atoms with E-state index in [0.717, 1.165) is 17.9 Å². The van der Waals surface area contributed by atoms with Crippen molar-refractivity contribution in [2.24, 2.45) is 11.8 Å². The fourth-order valence-corrected chi connectivity index (χ4v) is 2.93. The topological polar surface area (TPSA) is 3.24 Å². The van der Waals surface area contributed by atoms with Crippen molar-refractivity contribution in [1.82, 2.24) is 4.90 Å². The molecule has 0 N–H and O–H groups in total. The molecule has 2 atom stereocenters. The highest BCUT2D eigenvalue weighted by molar-refractivity contribution is 4.85.